The first-order valence-electron chi connectivity index (χ1n) is 1.89. The molecule has 0 bridgehead atoms. The number of alkyl halides is 1. The summed E-state index contributed by atoms with van der Waals surface area (Å²) >= 11 is 0. The fourth-order valence-electron chi connectivity index (χ4n) is 0.0833. The minimum atomic E-state index is -0.394. The molecule has 0 fully saturated rings. The van der Waals surface area contributed by atoms with E-state index < -0.39 is 5.97 Å². The lowest BCUT2D eigenvalue weighted by Crippen LogP contribution is -1.91. The lowest BCUT2D eigenvalue weighted by atomic mass is 10.7. The van der Waals surface area contributed by atoms with Crippen molar-refractivity contribution in [2.75, 3.05) is 14.3 Å². The van der Waals surface area contributed by atoms with Crippen LogP contribution < -0.4 is 0 Å². The van der Waals surface area contributed by atoms with Gasteiger partial charge in [-0.15, -0.1) is 0 Å². The number of methoxy groups -OCH3 is 1. The van der Waals surface area contributed by atoms with E-state index in [1.54, 1.807) is 0 Å². The van der Waals surface area contributed by atoms with Gasteiger partial charge in [-0.3, -0.25) is 4.39 Å². The molecule has 0 saturated carbocycles. The van der Waals surface area contributed by atoms with Crippen LogP contribution in [0.4, 0.5) is 4.39 Å². The first-order chi connectivity index (χ1) is 3.81. The summed E-state index contributed by atoms with van der Waals surface area (Å²) in [5.74, 6) is -0.394. The third kappa shape index (κ3) is 8.94. The normalized spacial score (nSPS) is 5.88. The lowest BCUT2D eigenvalue weighted by molar-refractivity contribution is -0.134. The Morgan fingerprint density at radius 2 is 2.12 bits per heavy atom. The summed E-state index contributed by atoms with van der Waals surface area (Å²) in [6.07, 6.45) is 1.11. The third-order valence-corrected chi connectivity index (χ3v) is 0.368. The average Bonchev–Trinajstić information content (AvgIpc) is 1.91. The molecule has 0 spiro atoms. The first-order valence-corrected chi connectivity index (χ1v) is 1.89. The number of ether oxygens (including phenoxy) is 1. The van der Waals surface area contributed by atoms with Gasteiger partial charge in [0.1, 0.15) is 0 Å². The van der Waals surface area contributed by atoms with Gasteiger partial charge in [0.15, 0.2) is 0 Å². The van der Waals surface area contributed by atoms with Gasteiger partial charge in [0.25, 0.3) is 0 Å². The second-order valence-electron chi connectivity index (χ2n) is 0.727. The summed E-state index contributed by atoms with van der Waals surface area (Å²) in [6, 6.07) is 0. The van der Waals surface area contributed by atoms with Crippen LogP contribution >= 0.6 is 0 Å². The van der Waals surface area contributed by atoms with Crippen LogP contribution in [0, 0.1) is 0 Å². The molecule has 0 aromatic rings. The topological polar surface area (TPSA) is 26.3 Å². The highest BCUT2D eigenvalue weighted by atomic mass is 19.1. The number of rotatable bonds is 1. The van der Waals surface area contributed by atoms with Crippen LogP contribution in [-0.2, 0) is 9.53 Å². The van der Waals surface area contributed by atoms with Crippen LogP contribution in [0.25, 0.3) is 0 Å². The molecule has 8 heavy (non-hydrogen) atoms. The van der Waals surface area contributed by atoms with Gasteiger partial charge in [-0.1, -0.05) is 6.58 Å². The monoisotopic (exact) mass is 120 g/mol. The SMILES string of the molecule is C=CC(=O)OC.CF. The summed E-state index contributed by atoms with van der Waals surface area (Å²) in [4.78, 5) is 9.84. The summed E-state index contributed by atoms with van der Waals surface area (Å²) in [7, 11) is 1.81. The quantitative estimate of drug-likeness (QED) is 0.380. The zero-order chi connectivity index (χ0) is 6.99. The van der Waals surface area contributed by atoms with Crippen molar-refractivity contribution in [1.82, 2.24) is 0 Å². The van der Waals surface area contributed by atoms with E-state index in [1.807, 2.05) is 0 Å². The van der Waals surface area contributed by atoms with Crippen molar-refractivity contribution in [3.05, 3.63) is 12.7 Å². The van der Waals surface area contributed by atoms with E-state index >= 15 is 0 Å². The molecule has 0 aromatic heterocycles. The van der Waals surface area contributed by atoms with Crippen LogP contribution in [0.5, 0.6) is 0 Å². The maximum Gasteiger partial charge on any atom is 0.329 e. The van der Waals surface area contributed by atoms with Gasteiger partial charge in [0.2, 0.25) is 0 Å². The van der Waals surface area contributed by atoms with Gasteiger partial charge in [0, 0.05) is 6.08 Å². The molecule has 0 saturated heterocycles. The van der Waals surface area contributed by atoms with Crippen LogP contribution in [-0.4, -0.2) is 20.3 Å². The van der Waals surface area contributed by atoms with E-state index in [0.717, 1.165) is 6.08 Å². The fourth-order valence-corrected chi connectivity index (χ4v) is 0.0833. The van der Waals surface area contributed by atoms with Crippen LogP contribution in [0.2, 0.25) is 0 Å². The molecule has 0 aliphatic rings. The molecule has 0 N–H and O–H groups in total. The van der Waals surface area contributed by atoms with Crippen molar-refractivity contribution >= 4 is 5.97 Å². The van der Waals surface area contributed by atoms with Gasteiger partial charge < -0.3 is 4.74 Å². The van der Waals surface area contributed by atoms with E-state index in [2.05, 4.69) is 11.3 Å². The Morgan fingerprint density at radius 1 is 1.75 bits per heavy atom. The molecular weight excluding hydrogens is 111 g/mol. The number of carbonyl (C=O) groups excluding carboxylic acids is 1. The first kappa shape index (κ1) is 10.2. The molecule has 0 aliphatic heterocycles. The lowest BCUT2D eigenvalue weighted by Gasteiger charge is -1.83. The second-order valence-corrected chi connectivity index (χ2v) is 0.727. The van der Waals surface area contributed by atoms with Crippen molar-refractivity contribution in [3.8, 4) is 0 Å². The number of esters is 1. The molecule has 0 unspecified atom stereocenters. The summed E-state index contributed by atoms with van der Waals surface area (Å²) in [5, 5.41) is 0. The van der Waals surface area contributed by atoms with Crippen molar-refractivity contribution in [3.63, 3.8) is 0 Å². The van der Waals surface area contributed by atoms with E-state index in [9.17, 15) is 9.18 Å². The molecule has 0 heterocycles. The Bertz CT molecular complexity index is 70.8. The van der Waals surface area contributed by atoms with E-state index in [-0.39, 0.29) is 0 Å². The van der Waals surface area contributed by atoms with Gasteiger partial charge >= 0.3 is 5.97 Å². The van der Waals surface area contributed by atoms with Crippen molar-refractivity contribution in [1.29, 1.82) is 0 Å². The minimum Gasteiger partial charge on any atom is -0.466 e. The predicted molar refractivity (Wildman–Crippen MR) is 29.2 cm³/mol. The average molecular weight is 120 g/mol. The number of carbonyl (C=O) groups is 1. The highest BCUT2D eigenvalue weighted by Gasteiger charge is 1.81. The number of halogens is 1. The maximum absolute atomic E-state index is 9.84. The van der Waals surface area contributed by atoms with Crippen molar-refractivity contribution in [2.24, 2.45) is 0 Å². The Balaban J connectivity index is 0. The zero-order valence-electron chi connectivity index (χ0n) is 4.98. The molecule has 0 radical (unpaired) electrons. The van der Waals surface area contributed by atoms with Gasteiger partial charge in [-0.25, -0.2) is 4.79 Å². The van der Waals surface area contributed by atoms with E-state index in [4.69, 9.17) is 0 Å². The molecule has 0 aliphatic carbocycles. The molecule has 3 heteroatoms. The van der Waals surface area contributed by atoms with Gasteiger partial charge in [-0.2, -0.15) is 0 Å². The highest BCUT2D eigenvalue weighted by Crippen LogP contribution is 1.67. The second kappa shape index (κ2) is 9.46. The Kier molecular flexibility index (Phi) is 12.1. The van der Waals surface area contributed by atoms with Crippen LogP contribution in [0.3, 0.4) is 0 Å². The van der Waals surface area contributed by atoms with Crippen molar-refractivity contribution in [2.45, 2.75) is 0 Å². The maximum atomic E-state index is 9.84. The number of hydrogen-bond donors (Lipinski definition) is 0. The molecule has 0 rings (SSSR count). The van der Waals surface area contributed by atoms with Gasteiger partial charge in [-0.05, 0) is 0 Å². The molecule has 0 aromatic carbocycles. The smallest absolute Gasteiger partial charge is 0.329 e. The Labute approximate surface area is 48.0 Å². The number of hydrogen-bond acceptors (Lipinski definition) is 2. The van der Waals surface area contributed by atoms with E-state index in [0.29, 0.717) is 7.18 Å². The highest BCUT2D eigenvalue weighted by molar-refractivity contribution is 5.80. The molecule has 2 nitrogen and oxygen atoms in total. The molecule has 48 valence electrons. The predicted octanol–water partition coefficient (Wildman–Crippen LogP) is 0.931. The Hall–Kier alpha value is -0.860. The minimum absolute atomic E-state index is 0.394. The van der Waals surface area contributed by atoms with E-state index in [1.165, 1.54) is 7.11 Å². The van der Waals surface area contributed by atoms with Crippen LogP contribution in [0.1, 0.15) is 0 Å². The zero-order valence-corrected chi connectivity index (χ0v) is 4.98. The third-order valence-electron chi connectivity index (χ3n) is 0.368. The van der Waals surface area contributed by atoms with Gasteiger partial charge in [0.05, 0.1) is 14.3 Å². The molecular formula is C5H9FO2. The molecule has 0 atom stereocenters. The summed E-state index contributed by atoms with van der Waals surface area (Å²) < 4.78 is 13.6. The standard InChI is InChI=1S/C4H6O2.CH3F/c1-3-4(5)6-2;1-2/h3H,1H2,2H3;1H3. The van der Waals surface area contributed by atoms with Crippen LogP contribution in [0.15, 0.2) is 12.7 Å². The fraction of sp³-hybridized carbons (Fsp3) is 0.400. The molecule has 0 amide bonds. The Morgan fingerprint density at radius 3 is 2.12 bits per heavy atom. The summed E-state index contributed by atoms with van der Waals surface area (Å²) in [6.45, 7) is 3.16. The summed E-state index contributed by atoms with van der Waals surface area (Å²) in [5.41, 5.74) is 0. The largest absolute Gasteiger partial charge is 0.466 e. The van der Waals surface area contributed by atoms with Crippen molar-refractivity contribution < 1.29 is 13.9 Å².